The highest BCUT2D eigenvalue weighted by atomic mass is 19.1. The lowest BCUT2D eigenvalue weighted by molar-refractivity contribution is 0.147. The molecule has 0 spiro atoms. The number of halogens is 1. The smallest absolute Gasteiger partial charge is 0.146 e. The summed E-state index contributed by atoms with van der Waals surface area (Å²) in [4.78, 5) is 13.2. The van der Waals surface area contributed by atoms with Crippen LogP contribution in [-0.2, 0) is 17.8 Å². The molecule has 2 aliphatic rings. The minimum Gasteiger partial charge on any atom is -0.383 e. The number of hydrogen-bond acceptors (Lipinski definition) is 7. The lowest BCUT2D eigenvalue weighted by Gasteiger charge is -2.18. The van der Waals surface area contributed by atoms with Gasteiger partial charge in [-0.05, 0) is 53.4 Å². The average molecular weight is 459 g/mol. The summed E-state index contributed by atoms with van der Waals surface area (Å²) >= 11 is 0. The Morgan fingerprint density at radius 3 is 2.82 bits per heavy atom. The number of methoxy groups -OCH3 is 1. The summed E-state index contributed by atoms with van der Waals surface area (Å²) in [6.07, 6.45) is 3.09. The van der Waals surface area contributed by atoms with Crippen LogP contribution in [0.4, 0.5) is 21.7 Å². The van der Waals surface area contributed by atoms with Crippen molar-refractivity contribution in [3.05, 3.63) is 65.5 Å². The minimum atomic E-state index is -0.866. The van der Waals surface area contributed by atoms with Gasteiger partial charge in [-0.25, -0.2) is 14.4 Å². The number of nitriles is 1. The third-order valence-corrected chi connectivity index (χ3v) is 6.39. The Morgan fingerprint density at radius 2 is 2.03 bits per heavy atom. The number of fused-ring (bicyclic) bond motifs is 1. The molecule has 8 heteroatoms. The minimum absolute atomic E-state index is 0.287. The first-order chi connectivity index (χ1) is 16.6. The maximum atomic E-state index is 13.6. The Hall–Kier alpha value is -3.54. The van der Waals surface area contributed by atoms with Gasteiger partial charge in [0.25, 0.3) is 0 Å². The van der Waals surface area contributed by atoms with Gasteiger partial charge in [0.15, 0.2) is 0 Å². The predicted octanol–water partition coefficient (Wildman–Crippen LogP) is 4.27. The van der Waals surface area contributed by atoms with Gasteiger partial charge in [0.2, 0.25) is 0 Å². The highest BCUT2D eigenvalue weighted by molar-refractivity contribution is 5.71. The van der Waals surface area contributed by atoms with Crippen LogP contribution >= 0.6 is 0 Å². The molecule has 34 heavy (non-hydrogen) atoms. The van der Waals surface area contributed by atoms with Crippen LogP contribution in [0, 0.1) is 11.3 Å². The molecular weight excluding hydrogens is 431 g/mol. The molecule has 0 saturated carbocycles. The maximum absolute atomic E-state index is 13.6. The molecule has 3 aromatic rings. The van der Waals surface area contributed by atoms with Crippen molar-refractivity contribution in [2.24, 2.45) is 0 Å². The zero-order valence-electron chi connectivity index (χ0n) is 19.2. The summed E-state index contributed by atoms with van der Waals surface area (Å²) in [5, 5.41) is 13.1. The Balaban J connectivity index is 1.33. The van der Waals surface area contributed by atoms with E-state index in [1.165, 1.54) is 11.1 Å². The fraction of sp³-hybridized carbons (Fsp3) is 0.346. The fourth-order valence-corrected chi connectivity index (χ4v) is 4.61. The number of pyridine rings is 2. The molecule has 1 aromatic carbocycles. The van der Waals surface area contributed by atoms with Crippen molar-refractivity contribution < 1.29 is 9.13 Å². The number of ether oxygens (including phenoxy) is 1. The van der Waals surface area contributed by atoms with Crippen molar-refractivity contribution >= 4 is 17.3 Å². The topological polar surface area (TPSA) is 77.3 Å². The Morgan fingerprint density at radius 1 is 1.15 bits per heavy atom. The number of nitrogens with zero attached hydrogens (tertiary/aromatic N) is 5. The summed E-state index contributed by atoms with van der Waals surface area (Å²) in [5.41, 5.74) is 5.82. The van der Waals surface area contributed by atoms with E-state index in [0.717, 1.165) is 43.1 Å². The van der Waals surface area contributed by atoms with Crippen molar-refractivity contribution in [2.75, 3.05) is 43.6 Å². The molecule has 1 saturated heterocycles. The van der Waals surface area contributed by atoms with E-state index in [-0.39, 0.29) is 6.54 Å². The first-order valence-corrected chi connectivity index (χ1v) is 11.5. The summed E-state index contributed by atoms with van der Waals surface area (Å²) in [7, 11) is 1.73. The van der Waals surface area contributed by atoms with E-state index >= 15 is 0 Å². The lowest BCUT2D eigenvalue weighted by atomic mass is 10.1. The molecule has 4 heterocycles. The van der Waals surface area contributed by atoms with Gasteiger partial charge in [0.1, 0.15) is 23.9 Å². The number of anilines is 3. The Bertz CT molecular complexity index is 1230. The van der Waals surface area contributed by atoms with E-state index in [0.29, 0.717) is 30.2 Å². The number of hydrogen-bond donors (Lipinski definition) is 1. The van der Waals surface area contributed by atoms with Crippen LogP contribution < -0.4 is 10.2 Å². The zero-order chi connectivity index (χ0) is 23.5. The van der Waals surface area contributed by atoms with E-state index < -0.39 is 6.17 Å². The fourth-order valence-electron chi connectivity index (χ4n) is 4.61. The van der Waals surface area contributed by atoms with Gasteiger partial charge in [-0.1, -0.05) is 6.07 Å². The molecule has 1 fully saturated rings. The second-order valence-corrected chi connectivity index (χ2v) is 8.78. The molecule has 0 aliphatic carbocycles. The first kappa shape index (κ1) is 22.3. The van der Waals surface area contributed by atoms with E-state index in [4.69, 9.17) is 4.74 Å². The summed E-state index contributed by atoms with van der Waals surface area (Å²) < 4.78 is 18.8. The number of alkyl halides is 1. The van der Waals surface area contributed by atoms with Gasteiger partial charge in [-0.15, -0.1) is 0 Å². The van der Waals surface area contributed by atoms with Crippen LogP contribution in [0.2, 0.25) is 0 Å². The summed E-state index contributed by atoms with van der Waals surface area (Å²) in [6, 6.07) is 14.3. The van der Waals surface area contributed by atoms with Crippen LogP contribution in [0.1, 0.15) is 23.1 Å². The van der Waals surface area contributed by atoms with Gasteiger partial charge >= 0.3 is 0 Å². The van der Waals surface area contributed by atoms with Crippen LogP contribution in [0.5, 0.6) is 0 Å². The third-order valence-electron chi connectivity index (χ3n) is 6.39. The lowest BCUT2D eigenvalue weighted by Crippen LogP contribution is -2.22. The molecule has 7 nitrogen and oxygen atoms in total. The monoisotopic (exact) mass is 458 g/mol. The zero-order valence-corrected chi connectivity index (χ0v) is 19.2. The van der Waals surface area contributed by atoms with Crippen molar-refractivity contribution in [3.63, 3.8) is 0 Å². The number of nitrogens with one attached hydrogen (secondary N) is 1. The summed E-state index contributed by atoms with van der Waals surface area (Å²) in [6.45, 7) is 4.37. The second-order valence-electron chi connectivity index (χ2n) is 8.78. The number of benzene rings is 1. The van der Waals surface area contributed by atoms with Crippen molar-refractivity contribution in [1.29, 1.82) is 5.26 Å². The van der Waals surface area contributed by atoms with E-state index in [9.17, 15) is 9.65 Å². The van der Waals surface area contributed by atoms with E-state index in [1.54, 1.807) is 19.5 Å². The maximum Gasteiger partial charge on any atom is 0.146 e. The van der Waals surface area contributed by atoms with E-state index in [1.807, 2.05) is 23.1 Å². The molecule has 1 unspecified atom stereocenters. The Kier molecular flexibility index (Phi) is 6.39. The second kappa shape index (κ2) is 9.75. The van der Waals surface area contributed by atoms with Crippen LogP contribution in [-0.4, -0.2) is 54.4 Å². The molecule has 0 bridgehead atoms. The van der Waals surface area contributed by atoms with Crippen LogP contribution in [0.25, 0.3) is 11.1 Å². The number of rotatable bonds is 7. The third kappa shape index (κ3) is 4.72. The molecule has 2 aliphatic heterocycles. The quantitative estimate of drug-likeness (QED) is 0.567. The molecule has 0 amide bonds. The van der Waals surface area contributed by atoms with Crippen LogP contribution in [0.3, 0.4) is 0 Å². The van der Waals surface area contributed by atoms with E-state index in [2.05, 4.69) is 44.5 Å². The molecule has 0 radical (unpaired) electrons. The molecule has 1 atom stereocenters. The molecule has 174 valence electrons. The SMILES string of the molecule is COCCN1Cc2ccc(Nc3cc(-c4cnc(N5CCC(F)C5)c(C#N)c4)ccn3)cc2C1. The number of aromatic nitrogens is 2. The molecule has 5 rings (SSSR count). The normalized spacial score (nSPS) is 17.6. The van der Waals surface area contributed by atoms with Crippen molar-refractivity contribution in [3.8, 4) is 17.2 Å². The summed E-state index contributed by atoms with van der Waals surface area (Å²) in [5.74, 6) is 1.27. The highest BCUT2D eigenvalue weighted by Gasteiger charge is 2.25. The first-order valence-electron chi connectivity index (χ1n) is 11.5. The molecule has 1 N–H and O–H groups in total. The molecular formula is C26H27FN6O. The highest BCUT2D eigenvalue weighted by Crippen LogP contribution is 2.30. The molecule has 2 aromatic heterocycles. The van der Waals surface area contributed by atoms with Gasteiger partial charge in [-0.2, -0.15) is 5.26 Å². The predicted molar refractivity (Wildman–Crippen MR) is 130 cm³/mol. The van der Waals surface area contributed by atoms with Gasteiger partial charge < -0.3 is 15.0 Å². The van der Waals surface area contributed by atoms with Gasteiger partial charge in [0, 0.05) is 56.9 Å². The van der Waals surface area contributed by atoms with Crippen molar-refractivity contribution in [2.45, 2.75) is 25.7 Å². The standard InChI is InChI=1S/C26H27FN6O/c1-34-9-8-32-15-19-2-3-24(11-22(19)16-32)31-25-12-18(4-6-29-25)21-10-20(13-28)26(30-14-21)33-7-5-23(27)17-33/h2-4,6,10-12,14,23H,5,7-9,15-17H2,1H3,(H,29,31). The average Bonchev–Trinajstić information content (AvgIpc) is 3.48. The van der Waals surface area contributed by atoms with Crippen LogP contribution in [0.15, 0.2) is 48.8 Å². The Labute approximate surface area is 198 Å². The largest absolute Gasteiger partial charge is 0.383 e. The van der Waals surface area contributed by atoms with Gasteiger partial charge in [-0.3, -0.25) is 4.90 Å². The van der Waals surface area contributed by atoms with Gasteiger partial charge in [0.05, 0.1) is 18.7 Å². The van der Waals surface area contributed by atoms with Crippen molar-refractivity contribution in [1.82, 2.24) is 14.9 Å².